The van der Waals surface area contributed by atoms with Crippen molar-refractivity contribution in [1.82, 2.24) is 19.9 Å². The molecule has 2 aliphatic rings. The summed E-state index contributed by atoms with van der Waals surface area (Å²) >= 11 is 0.479. The summed E-state index contributed by atoms with van der Waals surface area (Å²) in [6.45, 7) is 21.9. The Balaban J connectivity index is 1.02. The number of thiophene rings is 1. The summed E-state index contributed by atoms with van der Waals surface area (Å²) in [5.41, 5.74) is 5.64. The van der Waals surface area contributed by atoms with Crippen LogP contribution in [0.4, 0.5) is 17.1 Å². The first-order chi connectivity index (χ1) is 38.4. The molecule has 0 saturated carbocycles. The van der Waals surface area contributed by atoms with Gasteiger partial charge in [-0.15, -0.1) is 11.3 Å². The van der Waals surface area contributed by atoms with Crippen LogP contribution in [-0.4, -0.2) is 155 Å². The first-order valence-corrected chi connectivity index (χ1v) is 30.3. The van der Waals surface area contributed by atoms with Crippen LogP contribution in [0.1, 0.15) is 123 Å². The quantitative estimate of drug-likeness (QED) is 0.0357. The van der Waals surface area contributed by atoms with Gasteiger partial charge in [0, 0.05) is 59.4 Å². The van der Waals surface area contributed by atoms with E-state index >= 15 is 0 Å². The Morgan fingerprint density at radius 2 is 1.32 bits per heavy atom. The van der Waals surface area contributed by atoms with Crippen molar-refractivity contribution in [2.45, 2.75) is 159 Å². The van der Waals surface area contributed by atoms with Gasteiger partial charge in [-0.05, 0) is 124 Å². The number of likely N-dealkylation sites (N-methyl/N-ethyl adjacent to an activating group) is 1. The lowest BCUT2D eigenvalue weighted by Gasteiger charge is -2.27. The van der Waals surface area contributed by atoms with Crippen LogP contribution in [0.25, 0.3) is 11.6 Å². The monoisotopic (exact) mass is 1210 g/mol. The zero-order valence-corrected chi connectivity index (χ0v) is 50.0. The first kappa shape index (κ1) is 65.6. The number of hydrogen-bond donors (Lipinski definition) is 6. The molecule has 3 amide bonds. The summed E-state index contributed by atoms with van der Waals surface area (Å²) in [4.78, 5) is 121. The topological polar surface area (TPSA) is 356 Å². The second kappa shape index (κ2) is 28.2. The highest BCUT2D eigenvalue weighted by atomic mass is 32.3. The lowest BCUT2D eigenvalue weighted by atomic mass is 10.0. The average Bonchev–Trinajstić information content (AvgIpc) is 4.31. The second-order valence-corrected chi connectivity index (χ2v) is 25.0. The molecule has 450 valence electrons. The molecule has 5 rings (SSSR count). The van der Waals surface area contributed by atoms with Crippen LogP contribution in [0.3, 0.4) is 0 Å². The molecule has 0 unspecified atom stereocenters. The van der Waals surface area contributed by atoms with E-state index in [1.807, 2.05) is 13.8 Å². The highest BCUT2D eigenvalue weighted by Crippen LogP contribution is 2.43. The molecule has 0 spiro atoms. The van der Waals surface area contributed by atoms with E-state index in [1.165, 1.54) is 13.0 Å². The molecular weight excluding hydrogens is 1130 g/mol. The SMILES string of the molecule is CCN[C@H]1C[C@H](C)S(=O)(=O)c2sc(S(=O)(=O)NC(=O)[C@@H](C)OC(=O)[C@@H](C)OC(=O)[C@@H](C)OC(=O)[C@@H](C)OC(=O)[C@@H](C)OC(=O)[C@@H](C)OC(=O)CCC(=O)Nc3ccc4c(c3)/C(=C/c3[nH]c(C)c(NCCN(CC)CC)c3C)C(=O)N4)cc21. The van der Waals surface area contributed by atoms with Crippen LogP contribution in [-0.2, 0) is 91.4 Å². The molecule has 3 aromatic rings. The number of sulfone groups is 1. The molecule has 8 atom stereocenters. The number of anilines is 3. The van der Waals surface area contributed by atoms with E-state index in [0.717, 1.165) is 90.4 Å². The van der Waals surface area contributed by atoms with E-state index in [0.29, 0.717) is 40.4 Å². The van der Waals surface area contributed by atoms with Gasteiger partial charge in [0.05, 0.1) is 22.9 Å². The van der Waals surface area contributed by atoms with Gasteiger partial charge in [-0.2, -0.15) is 0 Å². The lowest BCUT2D eigenvalue weighted by molar-refractivity contribution is -0.187. The maximum absolute atomic E-state index is 13.2. The van der Waals surface area contributed by atoms with Crippen molar-refractivity contribution in [3.63, 3.8) is 0 Å². The van der Waals surface area contributed by atoms with Crippen LogP contribution in [0, 0.1) is 13.8 Å². The number of aryl methyl sites for hydroxylation is 1. The normalized spacial score (nSPS) is 18.0. The number of aromatic amines is 1. The fraction of sp³-hybridized carbons (Fsp3) is 0.528. The van der Waals surface area contributed by atoms with E-state index in [9.17, 15) is 60.0 Å². The molecule has 0 bridgehead atoms. The minimum atomic E-state index is -4.65. The lowest BCUT2D eigenvalue weighted by Crippen LogP contribution is -2.41. The molecule has 2 aliphatic heterocycles. The number of esters is 6. The van der Waals surface area contributed by atoms with Crippen molar-refractivity contribution in [3.8, 4) is 0 Å². The summed E-state index contributed by atoms with van der Waals surface area (Å²) < 4.78 is 83.7. The van der Waals surface area contributed by atoms with Crippen LogP contribution < -0.4 is 26.0 Å². The molecule has 0 saturated heterocycles. The van der Waals surface area contributed by atoms with Crippen molar-refractivity contribution in [3.05, 3.63) is 52.3 Å². The minimum absolute atomic E-state index is 0.144. The Kier molecular flexibility index (Phi) is 22.5. The van der Waals surface area contributed by atoms with Gasteiger partial charge >= 0.3 is 35.8 Å². The molecule has 26 nitrogen and oxygen atoms in total. The Morgan fingerprint density at radius 1 is 0.780 bits per heavy atom. The summed E-state index contributed by atoms with van der Waals surface area (Å²) in [5, 5.41) is 11.4. The molecule has 29 heteroatoms. The predicted octanol–water partition coefficient (Wildman–Crippen LogP) is 3.97. The fourth-order valence-corrected chi connectivity index (χ4v) is 13.4. The average molecular weight is 1210 g/mol. The Hall–Kier alpha value is -7.21. The van der Waals surface area contributed by atoms with Gasteiger partial charge in [0.15, 0.2) is 46.5 Å². The smallest absolute Gasteiger partial charge is 0.347 e. The number of carbonyl (C=O) groups excluding carboxylic acids is 9. The van der Waals surface area contributed by atoms with Crippen LogP contribution in [0.15, 0.2) is 32.7 Å². The number of H-pyrrole nitrogens is 1. The highest BCUT2D eigenvalue weighted by molar-refractivity contribution is 7.95. The number of nitrogens with zero attached hydrogens (tertiary/aromatic N) is 1. The number of carbonyl (C=O) groups is 9. The Bertz CT molecular complexity index is 3200. The third-order valence-electron chi connectivity index (χ3n) is 13.2. The molecule has 0 radical (unpaired) electrons. The van der Waals surface area contributed by atoms with E-state index < -0.39 is 126 Å². The maximum atomic E-state index is 13.2. The number of sulfonamides is 1. The van der Waals surface area contributed by atoms with Crippen LogP contribution in [0.5, 0.6) is 0 Å². The molecule has 1 aromatic carbocycles. The van der Waals surface area contributed by atoms with Crippen molar-refractivity contribution in [2.75, 3.05) is 48.7 Å². The highest BCUT2D eigenvalue weighted by Gasteiger charge is 2.41. The predicted molar refractivity (Wildman–Crippen MR) is 298 cm³/mol. The van der Waals surface area contributed by atoms with Crippen molar-refractivity contribution >= 4 is 113 Å². The van der Waals surface area contributed by atoms with Crippen molar-refractivity contribution in [1.29, 1.82) is 0 Å². The first-order valence-electron chi connectivity index (χ1n) is 26.4. The van der Waals surface area contributed by atoms with Gasteiger partial charge in [-0.25, -0.2) is 45.5 Å². The van der Waals surface area contributed by atoms with Gasteiger partial charge in [-0.3, -0.25) is 19.2 Å². The summed E-state index contributed by atoms with van der Waals surface area (Å²) in [6, 6.07) is 5.59. The number of nitrogens with one attached hydrogen (secondary N) is 6. The van der Waals surface area contributed by atoms with E-state index in [4.69, 9.17) is 28.4 Å². The molecule has 0 aliphatic carbocycles. The molecule has 2 aromatic heterocycles. The van der Waals surface area contributed by atoms with Gasteiger partial charge in [0.2, 0.25) is 5.91 Å². The van der Waals surface area contributed by atoms with Gasteiger partial charge in [0.1, 0.15) is 8.42 Å². The molecular formula is C53H71N7O19S3. The molecule has 0 fully saturated rings. The standard InChI is InChI=1S/C53H71N7O19S3/c1-13-54-41-22-26(4)81(70,71)53-38(41)25-44(80-53)82(72,73)59-46(63)29(7)75-49(66)31(9)77-51(68)33(11)79-52(69)34(12)78-50(67)32(10)76-48(65)30(8)74-43(62)19-18-42(61)57-35-16-17-39-36(23-35)37(47(64)58-39)24-40-27(5)45(28(6)56-40)55-20-21-60(14-2)15-3/h16-17,23-26,29-34,41,54-56H,13-15,18-22H2,1-12H3,(H,57,61)(H,58,64)(H,59,63)/b37-24-/t26-,29+,30+,31+,32+,33+,34+,41-/m0/s1. The van der Waals surface area contributed by atoms with E-state index in [-0.39, 0.29) is 28.5 Å². The zero-order chi connectivity index (χ0) is 61.1. The molecule has 6 N–H and O–H groups in total. The molecule has 82 heavy (non-hydrogen) atoms. The molecule has 4 heterocycles. The third-order valence-corrected chi connectivity index (χ3v) is 18.9. The Labute approximate surface area is 479 Å². The summed E-state index contributed by atoms with van der Waals surface area (Å²) in [6.07, 6.45) is -8.96. The minimum Gasteiger partial charge on any atom is -0.451 e. The number of rotatable bonds is 27. The second-order valence-electron chi connectivity index (χ2n) is 19.4. The number of amides is 3. The van der Waals surface area contributed by atoms with Gasteiger partial charge < -0.3 is 59.6 Å². The summed E-state index contributed by atoms with van der Waals surface area (Å²) in [5.74, 6) is -9.44. The van der Waals surface area contributed by atoms with Crippen molar-refractivity contribution < 1.29 is 88.4 Å². The third kappa shape index (κ3) is 16.5. The largest absolute Gasteiger partial charge is 0.451 e. The number of hydrogen-bond acceptors (Lipinski definition) is 23. The fourth-order valence-electron chi connectivity index (χ4n) is 8.39. The van der Waals surface area contributed by atoms with Crippen LogP contribution >= 0.6 is 11.3 Å². The maximum Gasteiger partial charge on any atom is 0.347 e. The Morgan fingerprint density at radius 3 is 1.85 bits per heavy atom. The van der Waals surface area contributed by atoms with E-state index in [1.54, 1.807) is 35.9 Å². The van der Waals surface area contributed by atoms with Gasteiger partial charge in [0.25, 0.3) is 21.8 Å². The van der Waals surface area contributed by atoms with E-state index in [2.05, 4.69) is 45.0 Å². The van der Waals surface area contributed by atoms with Gasteiger partial charge in [-0.1, -0.05) is 20.8 Å². The summed E-state index contributed by atoms with van der Waals surface area (Å²) in [7, 11) is -8.49. The number of fused-ring (bicyclic) bond motifs is 2. The van der Waals surface area contributed by atoms with Crippen LogP contribution in [0.2, 0.25) is 0 Å². The van der Waals surface area contributed by atoms with Crippen molar-refractivity contribution in [2.24, 2.45) is 0 Å². The number of ether oxygens (including phenoxy) is 6. The zero-order valence-electron chi connectivity index (χ0n) is 47.6. The number of benzene rings is 1. The number of aromatic nitrogens is 1.